The highest BCUT2D eigenvalue weighted by Crippen LogP contribution is 2.44. The van der Waals surface area contributed by atoms with Crippen LogP contribution in [-0.2, 0) is 16.0 Å². The summed E-state index contributed by atoms with van der Waals surface area (Å²) in [4.78, 5) is 27.9. The highest BCUT2D eigenvalue weighted by Gasteiger charge is 2.46. The molecule has 2 atom stereocenters. The number of ether oxygens (including phenoxy) is 3. The van der Waals surface area contributed by atoms with E-state index in [9.17, 15) is 9.59 Å². The lowest BCUT2D eigenvalue weighted by atomic mass is 9.88. The number of hydrogen-bond acceptors (Lipinski definition) is 5. The van der Waals surface area contributed by atoms with E-state index in [1.54, 1.807) is 14.2 Å². The number of esters is 1. The number of benzene rings is 2. The molecule has 174 valence electrons. The van der Waals surface area contributed by atoms with Crippen LogP contribution in [0.5, 0.6) is 11.5 Å². The lowest BCUT2D eigenvalue weighted by Crippen LogP contribution is -2.51. The van der Waals surface area contributed by atoms with E-state index >= 15 is 0 Å². The number of nitrogens with zero attached hydrogens (tertiary/aromatic N) is 1. The first-order valence-electron chi connectivity index (χ1n) is 11.2. The van der Waals surface area contributed by atoms with E-state index in [1.165, 1.54) is 12.7 Å². The van der Waals surface area contributed by atoms with Crippen LogP contribution in [-0.4, -0.2) is 56.9 Å². The molecule has 2 aromatic rings. The maximum absolute atomic E-state index is 13.1. The van der Waals surface area contributed by atoms with Gasteiger partial charge in [0.25, 0.3) is 0 Å². The fourth-order valence-corrected chi connectivity index (χ4v) is 4.94. The zero-order chi connectivity index (χ0) is 23.4. The van der Waals surface area contributed by atoms with Crippen molar-refractivity contribution in [2.75, 3.05) is 27.9 Å². The van der Waals surface area contributed by atoms with Crippen LogP contribution in [0.3, 0.4) is 0 Å². The maximum Gasteiger partial charge on any atom is 0.336 e. The number of amides is 2. The Morgan fingerprint density at radius 3 is 2.45 bits per heavy atom. The molecule has 2 heterocycles. The molecule has 0 aromatic heterocycles. The quantitative estimate of drug-likeness (QED) is 0.649. The number of rotatable bonds is 7. The second-order valence-electron chi connectivity index (χ2n) is 8.28. The van der Waals surface area contributed by atoms with Crippen molar-refractivity contribution >= 4 is 17.6 Å². The van der Waals surface area contributed by atoms with Gasteiger partial charge in [-0.25, -0.2) is 9.59 Å². The molecule has 0 saturated carbocycles. The molecular weight excluding hydrogens is 420 g/mol. The number of carbonyl (C=O) groups excluding carboxylic acids is 2. The molecule has 2 bridgehead atoms. The lowest BCUT2D eigenvalue weighted by molar-refractivity contribution is -0.136. The Labute approximate surface area is 194 Å². The monoisotopic (exact) mass is 450 g/mol. The summed E-state index contributed by atoms with van der Waals surface area (Å²) >= 11 is 0. The predicted octanol–water partition coefficient (Wildman–Crippen LogP) is 3.82. The van der Waals surface area contributed by atoms with Crippen molar-refractivity contribution in [3.05, 3.63) is 65.2 Å². The van der Waals surface area contributed by atoms with Gasteiger partial charge in [0, 0.05) is 12.6 Å². The van der Waals surface area contributed by atoms with Crippen molar-refractivity contribution < 1.29 is 23.8 Å². The van der Waals surface area contributed by atoms with Crippen LogP contribution in [0.15, 0.2) is 54.1 Å². The van der Waals surface area contributed by atoms with Gasteiger partial charge in [-0.2, -0.15) is 0 Å². The molecule has 7 heteroatoms. The Balaban J connectivity index is 1.59. The van der Waals surface area contributed by atoms with Crippen molar-refractivity contribution in [3.63, 3.8) is 0 Å². The third-order valence-corrected chi connectivity index (χ3v) is 6.51. The molecule has 1 fully saturated rings. The first-order valence-corrected chi connectivity index (χ1v) is 11.2. The molecule has 7 nitrogen and oxygen atoms in total. The van der Waals surface area contributed by atoms with Gasteiger partial charge in [0.05, 0.1) is 32.9 Å². The number of hydrogen-bond donors (Lipinski definition) is 1. The first-order chi connectivity index (χ1) is 16.1. The van der Waals surface area contributed by atoms with Gasteiger partial charge in [-0.05, 0) is 54.5 Å². The Hall–Kier alpha value is -3.48. The Morgan fingerprint density at radius 2 is 1.76 bits per heavy atom. The van der Waals surface area contributed by atoms with E-state index in [0.717, 1.165) is 30.4 Å². The topological polar surface area (TPSA) is 77.1 Å². The lowest BCUT2D eigenvalue weighted by Gasteiger charge is -2.37. The summed E-state index contributed by atoms with van der Waals surface area (Å²) in [5.41, 5.74) is 3.51. The van der Waals surface area contributed by atoms with Crippen molar-refractivity contribution in [1.82, 2.24) is 10.2 Å². The second kappa shape index (κ2) is 9.98. The predicted molar refractivity (Wildman–Crippen MR) is 125 cm³/mol. The van der Waals surface area contributed by atoms with Gasteiger partial charge >= 0.3 is 12.0 Å². The zero-order valence-corrected chi connectivity index (χ0v) is 19.3. The van der Waals surface area contributed by atoms with E-state index in [0.29, 0.717) is 30.0 Å². The number of fused-ring (bicyclic) bond motifs is 2. The Kier molecular flexibility index (Phi) is 6.87. The van der Waals surface area contributed by atoms with Crippen LogP contribution in [0.1, 0.15) is 30.4 Å². The molecule has 0 spiro atoms. The maximum atomic E-state index is 13.1. The van der Waals surface area contributed by atoms with Crippen LogP contribution < -0.4 is 14.8 Å². The largest absolute Gasteiger partial charge is 0.493 e. The molecule has 2 amide bonds. The standard InChI is InChI=1S/C26H30N2O5/c1-31-22-12-9-18(15-23(22)32-2)20-16-19-10-11-21(24(20)25(29)33-3)28(19)26(30)27-14-13-17-7-5-4-6-8-17/h4-9,12,15,19,21H,10-11,13-14,16H2,1-3H3,(H,27,30). The van der Waals surface area contributed by atoms with Gasteiger partial charge in [-0.15, -0.1) is 0 Å². The molecule has 2 aliphatic rings. The normalized spacial score (nSPS) is 19.3. The highest BCUT2D eigenvalue weighted by molar-refractivity contribution is 6.01. The third-order valence-electron chi connectivity index (χ3n) is 6.51. The van der Waals surface area contributed by atoms with Crippen molar-refractivity contribution in [1.29, 1.82) is 0 Å². The fraction of sp³-hybridized carbons (Fsp3) is 0.385. The average molecular weight is 451 g/mol. The Morgan fingerprint density at radius 1 is 1.00 bits per heavy atom. The molecule has 33 heavy (non-hydrogen) atoms. The van der Waals surface area contributed by atoms with Crippen LogP contribution in [0.2, 0.25) is 0 Å². The van der Waals surface area contributed by atoms with Gasteiger partial charge < -0.3 is 24.4 Å². The summed E-state index contributed by atoms with van der Waals surface area (Å²) in [7, 11) is 4.56. The van der Waals surface area contributed by atoms with Crippen molar-refractivity contribution in [2.45, 2.75) is 37.8 Å². The van der Waals surface area contributed by atoms with Gasteiger partial charge in [0.2, 0.25) is 0 Å². The first kappa shape index (κ1) is 22.7. The van der Waals surface area contributed by atoms with E-state index in [4.69, 9.17) is 14.2 Å². The van der Waals surface area contributed by atoms with Gasteiger partial charge in [0.1, 0.15) is 0 Å². The number of urea groups is 1. The Bertz CT molecular complexity index is 1050. The number of methoxy groups -OCH3 is 3. The van der Waals surface area contributed by atoms with E-state index in [1.807, 2.05) is 53.4 Å². The van der Waals surface area contributed by atoms with Crippen LogP contribution in [0, 0.1) is 0 Å². The minimum atomic E-state index is -0.396. The van der Waals surface area contributed by atoms with E-state index in [2.05, 4.69) is 5.32 Å². The van der Waals surface area contributed by atoms with Gasteiger partial charge in [0.15, 0.2) is 11.5 Å². The highest BCUT2D eigenvalue weighted by atomic mass is 16.5. The molecule has 0 aliphatic carbocycles. The minimum absolute atomic E-state index is 0.0308. The number of nitrogens with one attached hydrogen (secondary N) is 1. The van der Waals surface area contributed by atoms with Crippen molar-refractivity contribution in [2.24, 2.45) is 0 Å². The summed E-state index contributed by atoms with van der Waals surface area (Å²) in [5, 5.41) is 3.04. The fourth-order valence-electron chi connectivity index (χ4n) is 4.94. The summed E-state index contributed by atoms with van der Waals surface area (Å²) < 4.78 is 16.0. The van der Waals surface area contributed by atoms with Gasteiger partial charge in [-0.1, -0.05) is 36.4 Å². The molecule has 1 saturated heterocycles. The SMILES string of the molecule is COC(=O)C1=C(c2ccc(OC)c(OC)c2)CC2CCC1N2C(=O)NCCc1ccccc1. The van der Waals surface area contributed by atoms with Crippen LogP contribution >= 0.6 is 0 Å². The smallest absolute Gasteiger partial charge is 0.336 e. The minimum Gasteiger partial charge on any atom is -0.493 e. The van der Waals surface area contributed by atoms with Crippen LogP contribution in [0.4, 0.5) is 4.79 Å². The van der Waals surface area contributed by atoms with Gasteiger partial charge in [-0.3, -0.25) is 0 Å². The summed E-state index contributed by atoms with van der Waals surface area (Å²) in [5.74, 6) is 0.826. The van der Waals surface area contributed by atoms with E-state index in [-0.39, 0.29) is 18.1 Å². The van der Waals surface area contributed by atoms with Crippen molar-refractivity contribution in [3.8, 4) is 11.5 Å². The molecular formula is C26H30N2O5. The molecule has 2 unspecified atom stereocenters. The summed E-state index contributed by atoms with van der Waals surface area (Å²) in [6, 6.07) is 15.3. The third kappa shape index (κ3) is 4.53. The number of carbonyl (C=O) groups is 2. The zero-order valence-electron chi connectivity index (χ0n) is 19.3. The molecule has 1 N–H and O–H groups in total. The second-order valence-corrected chi connectivity index (χ2v) is 8.28. The van der Waals surface area contributed by atoms with Crippen LogP contribution in [0.25, 0.3) is 5.57 Å². The molecule has 2 aromatic carbocycles. The summed E-state index contributed by atoms with van der Waals surface area (Å²) in [6.45, 7) is 0.540. The average Bonchev–Trinajstić information content (AvgIpc) is 3.17. The summed E-state index contributed by atoms with van der Waals surface area (Å²) in [6.07, 6.45) is 2.92. The van der Waals surface area contributed by atoms with E-state index < -0.39 is 5.97 Å². The molecule has 4 rings (SSSR count). The molecule has 2 aliphatic heterocycles. The molecule has 0 radical (unpaired) electrons.